The molecule has 2 aromatic rings. The van der Waals surface area contributed by atoms with Crippen molar-refractivity contribution in [3.8, 4) is 5.75 Å². The zero-order valence-electron chi connectivity index (χ0n) is 14.7. The molecule has 0 amide bonds. The summed E-state index contributed by atoms with van der Waals surface area (Å²) in [6, 6.07) is 3.05. The lowest BCUT2D eigenvalue weighted by Crippen LogP contribution is -2.26. The Morgan fingerprint density at radius 3 is 2.56 bits per heavy atom. The molecular formula is C18H22BrNO5. The molecule has 0 bridgehead atoms. The Morgan fingerprint density at radius 2 is 2.04 bits per heavy atom. The summed E-state index contributed by atoms with van der Waals surface area (Å²) in [5, 5.41) is 10.2. The van der Waals surface area contributed by atoms with Crippen molar-refractivity contribution in [1.29, 1.82) is 0 Å². The van der Waals surface area contributed by atoms with Crippen molar-refractivity contribution < 1.29 is 19.4 Å². The van der Waals surface area contributed by atoms with Crippen LogP contribution in [-0.2, 0) is 4.74 Å². The largest absolute Gasteiger partial charge is 0.495 e. The molecule has 0 spiro atoms. The van der Waals surface area contributed by atoms with E-state index in [9.17, 15) is 14.7 Å². The van der Waals surface area contributed by atoms with Crippen LogP contribution in [0.4, 0.5) is 0 Å². The number of halogens is 1. The maximum atomic E-state index is 12.8. The second kappa shape index (κ2) is 8.01. The van der Waals surface area contributed by atoms with E-state index < -0.39 is 11.4 Å². The zero-order chi connectivity index (χ0) is 18.7. The zero-order valence-corrected chi connectivity index (χ0v) is 16.3. The standard InChI is InChI=1S/C18H22BrNO5/c1-5-25-18(23)12-8-20(15(9-21)10(2)3)14-7-16(24-4)13(19)6-11(14)17(12)22/h6-8,10,15,21H,5,9H2,1-4H3/t15-/m1/s1. The molecule has 25 heavy (non-hydrogen) atoms. The lowest BCUT2D eigenvalue weighted by atomic mass is 10.0. The molecule has 7 heteroatoms. The Labute approximate surface area is 154 Å². The molecule has 1 N–H and O–H groups in total. The molecular weight excluding hydrogens is 390 g/mol. The van der Waals surface area contributed by atoms with E-state index in [1.165, 1.54) is 13.3 Å². The first kappa shape index (κ1) is 19.5. The van der Waals surface area contributed by atoms with Crippen molar-refractivity contribution in [3.05, 3.63) is 38.6 Å². The summed E-state index contributed by atoms with van der Waals surface area (Å²) in [6.45, 7) is 5.66. The first-order valence-electron chi connectivity index (χ1n) is 8.06. The van der Waals surface area contributed by atoms with E-state index in [2.05, 4.69) is 15.9 Å². The number of fused-ring (bicyclic) bond motifs is 1. The van der Waals surface area contributed by atoms with Gasteiger partial charge in [-0.25, -0.2) is 4.79 Å². The molecule has 6 nitrogen and oxygen atoms in total. The molecule has 1 aromatic heterocycles. The van der Waals surface area contributed by atoms with Gasteiger partial charge >= 0.3 is 5.97 Å². The number of carbonyl (C=O) groups excluding carboxylic acids is 1. The quantitative estimate of drug-likeness (QED) is 0.738. The molecule has 0 saturated heterocycles. The maximum absolute atomic E-state index is 12.8. The van der Waals surface area contributed by atoms with Crippen LogP contribution in [0.15, 0.2) is 27.6 Å². The van der Waals surface area contributed by atoms with E-state index in [-0.39, 0.29) is 30.7 Å². The summed E-state index contributed by atoms with van der Waals surface area (Å²) in [4.78, 5) is 25.0. The monoisotopic (exact) mass is 411 g/mol. The van der Waals surface area contributed by atoms with E-state index >= 15 is 0 Å². The molecule has 0 aliphatic heterocycles. The van der Waals surface area contributed by atoms with E-state index in [0.29, 0.717) is 21.1 Å². The summed E-state index contributed by atoms with van der Waals surface area (Å²) in [5.41, 5.74) is 0.130. The number of nitrogens with zero attached hydrogens (tertiary/aromatic N) is 1. The van der Waals surface area contributed by atoms with Crippen LogP contribution in [0.1, 0.15) is 37.2 Å². The van der Waals surface area contributed by atoms with Crippen molar-refractivity contribution in [1.82, 2.24) is 4.57 Å². The Morgan fingerprint density at radius 1 is 1.36 bits per heavy atom. The van der Waals surface area contributed by atoms with Crippen molar-refractivity contribution in [3.63, 3.8) is 0 Å². The van der Waals surface area contributed by atoms with Crippen LogP contribution in [0.25, 0.3) is 10.9 Å². The maximum Gasteiger partial charge on any atom is 0.343 e. The lowest BCUT2D eigenvalue weighted by Gasteiger charge is -2.25. The number of ether oxygens (including phenoxy) is 2. The van der Waals surface area contributed by atoms with Crippen LogP contribution in [0, 0.1) is 5.92 Å². The fourth-order valence-corrected chi connectivity index (χ4v) is 3.26. The first-order valence-corrected chi connectivity index (χ1v) is 8.85. The van der Waals surface area contributed by atoms with E-state index in [1.54, 1.807) is 23.6 Å². The summed E-state index contributed by atoms with van der Waals surface area (Å²) in [5.74, 6) is -0.0269. The van der Waals surface area contributed by atoms with Gasteiger partial charge in [0.05, 0.1) is 36.4 Å². The van der Waals surface area contributed by atoms with Crippen molar-refractivity contribution in [2.24, 2.45) is 5.92 Å². The minimum Gasteiger partial charge on any atom is -0.495 e. The van der Waals surface area contributed by atoms with Gasteiger partial charge < -0.3 is 19.1 Å². The van der Waals surface area contributed by atoms with Gasteiger partial charge in [-0.1, -0.05) is 13.8 Å². The Hall–Kier alpha value is -1.86. The minimum absolute atomic E-state index is 0.0504. The third-order valence-corrected chi connectivity index (χ3v) is 4.73. The first-order chi connectivity index (χ1) is 11.8. The van der Waals surface area contributed by atoms with Crippen LogP contribution in [-0.4, -0.2) is 36.0 Å². The van der Waals surface area contributed by atoms with Gasteiger partial charge in [0.2, 0.25) is 5.43 Å². The molecule has 0 fully saturated rings. The topological polar surface area (TPSA) is 77.8 Å². The summed E-state index contributed by atoms with van der Waals surface area (Å²) >= 11 is 3.37. The molecule has 136 valence electrons. The number of pyridine rings is 1. The van der Waals surface area contributed by atoms with E-state index in [0.717, 1.165) is 0 Å². The molecule has 1 atom stereocenters. The number of benzene rings is 1. The number of aromatic nitrogens is 1. The van der Waals surface area contributed by atoms with Crippen LogP contribution in [0.2, 0.25) is 0 Å². The van der Waals surface area contributed by atoms with Gasteiger partial charge in [-0.3, -0.25) is 4.79 Å². The third kappa shape index (κ3) is 3.72. The lowest BCUT2D eigenvalue weighted by molar-refractivity contribution is 0.0523. The van der Waals surface area contributed by atoms with Gasteiger partial charge in [0, 0.05) is 17.6 Å². The Bertz CT molecular complexity index is 843. The van der Waals surface area contributed by atoms with Gasteiger partial charge in [0.1, 0.15) is 11.3 Å². The average Bonchev–Trinajstić information content (AvgIpc) is 2.57. The fraction of sp³-hybridized carbons (Fsp3) is 0.444. The van der Waals surface area contributed by atoms with Crippen molar-refractivity contribution in [2.75, 3.05) is 20.3 Å². The second-order valence-corrected chi connectivity index (χ2v) is 6.85. The van der Waals surface area contributed by atoms with Crippen LogP contribution in [0.5, 0.6) is 5.75 Å². The predicted octanol–water partition coefficient (Wildman–Crippen LogP) is 3.14. The number of hydrogen-bond acceptors (Lipinski definition) is 5. The van der Waals surface area contributed by atoms with Gasteiger partial charge in [0.25, 0.3) is 0 Å². The summed E-state index contributed by atoms with van der Waals surface area (Å²) < 4.78 is 12.7. The van der Waals surface area contributed by atoms with Crippen molar-refractivity contribution >= 4 is 32.8 Å². The average molecular weight is 412 g/mol. The molecule has 2 rings (SSSR count). The van der Waals surface area contributed by atoms with Crippen LogP contribution >= 0.6 is 15.9 Å². The summed E-state index contributed by atoms with van der Waals surface area (Å²) in [6.07, 6.45) is 1.47. The smallest absolute Gasteiger partial charge is 0.343 e. The van der Waals surface area contributed by atoms with E-state index in [1.807, 2.05) is 13.8 Å². The number of esters is 1. The number of aliphatic hydroxyl groups excluding tert-OH is 1. The van der Waals surface area contributed by atoms with Gasteiger partial charge in [0.15, 0.2) is 0 Å². The Balaban J connectivity index is 2.89. The second-order valence-electron chi connectivity index (χ2n) is 6.00. The molecule has 0 unspecified atom stereocenters. The number of rotatable bonds is 6. The molecule has 0 radical (unpaired) electrons. The molecule has 1 aromatic carbocycles. The SMILES string of the molecule is CCOC(=O)c1cn([C@H](CO)C(C)C)c2cc(OC)c(Br)cc2c1=O. The molecule has 1 heterocycles. The van der Waals surface area contributed by atoms with E-state index in [4.69, 9.17) is 9.47 Å². The number of hydrogen-bond donors (Lipinski definition) is 1. The number of carbonyl (C=O) groups is 1. The molecule has 0 saturated carbocycles. The molecule has 0 aliphatic carbocycles. The third-order valence-electron chi connectivity index (χ3n) is 4.11. The van der Waals surface area contributed by atoms with Gasteiger partial charge in [-0.05, 0) is 34.8 Å². The fourth-order valence-electron chi connectivity index (χ4n) is 2.76. The highest BCUT2D eigenvalue weighted by molar-refractivity contribution is 9.10. The van der Waals surface area contributed by atoms with Crippen LogP contribution in [0.3, 0.4) is 0 Å². The number of aliphatic hydroxyl groups is 1. The summed E-state index contributed by atoms with van der Waals surface area (Å²) in [7, 11) is 1.54. The normalized spacial score (nSPS) is 12.4. The van der Waals surface area contributed by atoms with Crippen LogP contribution < -0.4 is 10.2 Å². The highest BCUT2D eigenvalue weighted by Gasteiger charge is 2.23. The van der Waals surface area contributed by atoms with Crippen molar-refractivity contribution in [2.45, 2.75) is 26.8 Å². The Kier molecular flexibility index (Phi) is 6.24. The van der Waals surface area contributed by atoms with Gasteiger partial charge in [-0.2, -0.15) is 0 Å². The highest BCUT2D eigenvalue weighted by atomic mass is 79.9. The highest BCUT2D eigenvalue weighted by Crippen LogP contribution is 2.31. The predicted molar refractivity (Wildman–Crippen MR) is 99.4 cm³/mol. The van der Waals surface area contributed by atoms with Gasteiger partial charge in [-0.15, -0.1) is 0 Å². The molecule has 0 aliphatic rings. The number of methoxy groups -OCH3 is 1. The minimum atomic E-state index is -0.671.